The molecule has 0 saturated heterocycles. The van der Waals surface area contributed by atoms with E-state index in [4.69, 9.17) is 4.84 Å². The van der Waals surface area contributed by atoms with Gasteiger partial charge in [0.25, 0.3) is 0 Å². The number of hydrogen-bond acceptors (Lipinski definition) is 2. The molecule has 0 unspecified atom stereocenters. The van der Waals surface area contributed by atoms with Crippen LogP contribution in [0.25, 0.3) is 0 Å². The zero-order valence-corrected chi connectivity index (χ0v) is 11.1. The van der Waals surface area contributed by atoms with Crippen LogP contribution in [0.3, 0.4) is 0 Å². The molecule has 19 heavy (non-hydrogen) atoms. The maximum Gasteiger partial charge on any atom is 0.133 e. The molecular formula is C17H19NO. The van der Waals surface area contributed by atoms with E-state index in [0.717, 1.165) is 24.1 Å². The van der Waals surface area contributed by atoms with Gasteiger partial charge in [0.1, 0.15) is 12.0 Å². The van der Waals surface area contributed by atoms with Crippen molar-refractivity contribution in [3.63, 3.8) is 0 Å². The highest BCUT2D eigenvalue weighted by Crippen LogP contribution is 2.25. The number of nitrogens with zero attached hydrogens (tertiary/aromatic N) is 1. The Hall–Kier alpha value is -2.01. The number of hydrogen-bond donors (Lipinski definition) is 0. The summed E-state index contributed by atoms with van der Waals surface area (Å²) in [6, 6.07) is 9.96. The zero-order valence-electron chi connectivity index (χ0n) is 11.1. The van der Waals surface area contributed by atoms with Gasteiger partial charge in [-0.2, -0.15) is 0 Å². The lowest BCUT2D eigenvalue weighted by Crippen LogP contribution is -2.16. The highest BCUT2D eigenvalue weighted by molar-refractivity contribution is 6.02. The second kappa shape index (κ2) is 7.43. The van der Waals surface area contributed by atoms with Crippen molar-refractivity contribution >= 4 is 5.71 Å². The van der Waals surface area contributed by atoms with Crippen molar-refractivity contribution in [3.05, 3.63) is 48.7 Å². The van der Waals surface area contributed by atoms with E-state index in [9.17, 15) is 0 Å². The van der Waals surface area contributed by atoms with Gasteiger partial charge >= 0.3 is 0 Å². The minimum atomic E-state index is 0.435. The minimum absolute atomic E-state index is 0.435. The third kappa shape index (κ3) is 4.30. The molecule has 2 heteroatoms. The Balaban J connectivity index is 2.14. The fourth-order valence-electron chi connectivity index (χ4n) is 2.33. The predicted molar refractivity (Wildman–Crippen MR) is 78.6 cm³/mol. The van der Waals surface area contributed by atoms with Crippen molar-refractivity contribution in [2.24, 2.45) is 11.1 Å². The van der Waals surface area contributed by atoms with Crippen LogP contribution in [-0.4, -0.2) is 5.71 Å². The van der Waals surface area contributed by atoms with E-state index >= 15 is 0 Å². The van der Waals surface area contributed by atoms with Gasteiger partial charge < -0.3 is 4.84 Å². The largest absolute Gasteiger partial charge is 0.365 e. The van der Waals surface area contributed by atoms with Gasteiger partial charge in [-0.3, -0.25) is 0 Å². The molecule has 0 atom stereocenters. The SMILES string of the molecule is C=CO/N=C(/C#Cc1ccccc1)C1CCCCC1. The molecule has 0 heterocycles. The van der Waals surface area contributed by atoms with E-state index in [-0.39, 0.29) is 0 Å². The first-order chi connectivity index (χ1) is 9.40. The lowest BCUT2D eigenvalue weighted by Gasteiger charge is -2.19. The molecule has 1 saturated carbocycles. The Morgan fingerprint density at radius 1 is 1.21 bits per heavy atom. The highest BCUT2D eigenvalue weighted by Gasteiger charge is 2.18. The topological polar surface area (TPSA) is 21.6 Å². The van der Waals surface area contributed by atoms with Crippen LogP contribution in [-0.2, 0) is 4.84 Å². The quantitative estimate of drug-likeness (QED) is 0.343. The predicted octanol–water partition coefficient (Wildman–Crippen LogP) is 4.13. The van der Waals surface area contributed by atoms with E-state index in [1.807, 2.05) is 30.3 Å². The third-order valence-corrected chi connectivity index (χ3v) is 3.33. The molecular weight excluding hydrogens is 234 g/mol. The number of benzene rings is 1. The summed E-state index contributed by atoms with van der Waals surface area (Å²) in [5, 5.41) is 4.11. The molecule has 1 aromatic carbocycles. The summed E-state index contributed by atoms with van der Waals surface area (Å²) >= 11 is 0. The van der Waals surface area contributed by atoms with Crippen LogP contribution in [0.4, 0.5) is 0 Å². The summed E-state index contributed by atoms with van der Waals surface area (Å²) in [5.74, 6) is 6.76. The van der Waals surface area contributed by atoms with Crippen LogP contribution in [0.2, 0.25) is 0 Å². The summed E-state index contributed by atoms with van der Waals surface area (Å²) < 4.78 is 0. The van der Waals surface area contributed by atoms with Crippen LogP contribution in [0.15, 0.2) is 48.3 Å². The fraction of sp³-hybridized carbons (Fsp3) is 0.353. The van der Waals surface area contributed by atoms with Gasteiger partial charge in [0.2, 0.25) is 0 Å². The zero-order chi connectivity index (χ0) is 13.3. The molecule has 1 aliphatic carbocycles. The van der Waals surface area contributed by atoms with Gasteiger partial charge in [-0.05, 0) is 30.9 Å². The maximum atomic E-state index is 4.99. The second-order valence-electron chi connectivity index (χ2n) is 4.70. The van der Waals surface area contributed by atoms with Crippen LogP contribution in [0.1, 0.15) is 37.7 Å². The van der Waals surface area contributed by atoms with Gasteiger partial charge in [-0.25, -0.2) is 0 Å². The van der Waals surface area contributed by atoms with E-state index in [1.54, 1.807) is 0 Å². The molecule has 2 nitrogen and oxygen atoms in total. The van der Waals surface area contributed by atoms with Crippen molar-refractivity contribution < 1.29 is 4.84 Å². The number of oxime groups is 1. The average molecular weight is 253 g/mol. The molecule has 0 amide bonds. The Morgan fingerprint density at radius 2 is 1.95 bits per heavy atom. The smallest absolute Gasteiger partial charge is 0.133 e. The summed E-state index contributed by atoms with van der Waals surface area (Å²) in [7, 11) is 0. The van der Waals surface area contributed by atoms with Crippen molar-refractivity contribution in [2.75, 3.05) is 0 Å². The van der Waals surface area contributed by atoms with Gasteiger partial charge in [-0.1, -0.05) is 55.1 Å². The first-order valence-corrected chi connectivity index (χ1v) is 6.82. The first-order valence-electron chi connectivity index (χ1n) is 6.82. The lowest BCUT2D eigenvalue weighted by atomic mass is 9.86. The van der Waals surface area contributed by atoms with Gasteiger partial charge in [-0.15, -0.1) is 0 Å². The Labute approximate surface area is 115 Å². The average Bonchev–Trinajstić information content (AvgIpc) is 2.49. The number of rotatable bonds is 3. The molecule has 98 valence electrons. The molecule has 0 spiro atoms. The van der Waals surface area contributed by atoms with Gasteiger partial charge in [0.05, 0.1) is 0 Å². The summed E-state index contributed by atoms with van der Waals surface area (Å²) in [6.07, 6.45) is 7.48. The molecule has 0 bridgehead atoms. The molecule has 1 fully saturated rings. The van der Waals surface area contributed by atoms with E-state index in [1.165, 1.54) is 25.5 Å². The first kappa shape index (κ1) is 13.4. The van der Waals surface area contributed by atoms with Crippen LogP contribution < -0.4 is 0 Å². The van der Waals surface area contributed by atoms with Gasteiger partial charge in [0, 0.05) is 11.5 Å². The third-order valence-electron chi connectivity index (χ3n) is 3.33. The molecule has 1 aliphatic rings. The molecule has 0 radical (unpaired) electrons. The summed E-state index contributed by atoms with van der Waals surface area (Å²) in [4.78, 5) is 4.99. The summed E-state index contributed by atoms with van der Waals surface area (Å²) in [6.45, 7) is 3.52. The van der Waals surface area contributed by atoms with Crippen molar-refractivity contribution in [1.82, 2.24) is 0 Å². The van der Waals surface area contributed by atoms with E-state index < -0.39 is 0 Å². The van der Waals surface area contributed by atoms with Gasteiger partial charge in [0.15, 0.2) is 0 Å². The Kier molecular flexibility index (Phi) is 5.25. The van der Waals surface area contributed by atoms with Crippen molar-refractivity contribution in [1.29, 1.82) is 0 Å². The van der Waals surface area contributed by atoms with E-state index in [0.29, 0.717) is 5.92 Å². The summed E-state index contributed by atoms with van der Waals surface area (Å²) in [5.41, 5.74) is 1.85. The maximum absolute atomic E-state index is 4.99. The Morgan fingerprint density at radius 3 is 2.63 bits per heavy atom. The molecule has 0 aliphatic heterocycles. The minimum Gasteiger partial charge on any atom is -0.365 e. The monoisotopic (exact) mass is 253 g/mol. The highest BCUT2D eigenvalue weighted by atomic mass is 16.6. The molecule has 2 rings (SSSR count). The molecule has 0 N–H and O–H groups in total. The molecule has 0 aromatic heterocycles. The van der Waals surface area contributed by atoms with E-state index in [2.05, 4.69) is 23.6 Å². The second-order valence-corrected chi connectivity index (χ2v) is 4.70. The van der Waals surface area contributed by atoms with Crippen LogP contribution >= 0.6 is 0 Å². The van der Waals surface area contributed by atoms with Crippen LogP contribution in [0.5, 0.6) is 0 Å². The normalized spacial score (nSPS) is 16.3. The lowest BCUT2D eigenvalue weighted by molar-refractivity contribution is 0.265. The molecule has 1 aromatic rings. The van der Waals surface area contributed by atoms with Crippen LogP contribution in [0, 0.1) is 17.8 Å². The Bertz CT molecular complexity index is 487. The van der Waals surface area contributed by atoms with Crippen molar-refractivity contribution in [2.45, 2.75) is 32.1 Å². The van der Waals surface area contributed by atoms with Crippen molar-refractivity contribution in [3.8, 4) is 11.8 Å². The fourth-order valence-corrected chi connectivity index (χ4v) is 2.33. The standard InChI is InChI=1S/C17H19NO/c1-2-19-18-17(16-11-7-4-8-12-16)14-13-15-9-5-3-6-10-15/h2-3,5-6,9-10,16H,1,4,7-8,11-12H2/b18-17-.